The molecule has 0 aliphatic carbocycles. The Morgan fingerprint density at radius 2 is 1.71 bits per heavy atom. The minimum atomic E-state index is -0.602. The van der Waals surface area contributed by atoms with Crippen molar-refractivity contribution in [3.05, 3.63) is 52.3 Å². The minimum absolute atomic E-state index is 0.0164. The number of H-pyrrole nitrogens is 1. The molecule has 2 aromatic heterocycles. The number of ether oxygens (including phenoxy) is 2. The third-order valence-electron chi connectivity index (χ3n) is 7.54. The van der Waals surface area contributed by atoms with E-state index in [0.717, 1.165) is 11.8 Å². The number of amides is 2. The number of benzene rings is 1. The number of carbonyl (C=O) groups is 2. The number of piperidine rings is 1. The second-order valence-corrected chi connectivity index (χ2v) is 11.8. The van der Waals surface area contributed by atoms with Gasteiger partial charge < -0.3 is 29.2 Å². The molecule has 1 aromatic carbocycles. The van der Waals surface area contributed by atoms with Gasteiger partial charge in [0.05, 0.1) is 23.8 Å². The lowest BCUT2D eigenvalue weighted by atomic mass is 9.87. The number of carbonyl (C=O) groups excluding carboxylic acids is 2. The van der Waals surface area contributed by atoms with Crippen LogP contribution in [0.4, 0.5) is 19.4 Å². The van der Waals surface area contributed by atoms with Gasteiger partial charge >= 0.3 is 6.09 Å². The van der Waals surface area contributed by atoms with Crippen LogP contribution in [0.1, 0.15) is 55.6 Å². The quantitative estimate of drug-likeness (QED) is 0.427. The number of rotatable bonds is 4. The van der Waals surface area contributed by atoms with E-state index in [1.807, 2.05) is 25.7 Å². The number of nitrogens with zero attached hydrogens (tertiary/aromatic N) is 4. The normalized spacial score (nSPS) is 16.8. The maximum Gasteiger partial charge on any atom is 0.410 e. The predicted octanol–water partition coefficient (Wildman–Crippen LogP) is 5.58. The highest BCUT2D eigenvalue weighted by Crippen LogP contribution is 2.38. The van der Waals surface area contributed by atoms with Crippen molar-refractivity contribution in [1.29, 1.82) is 0 Å². The predicted molar refractivity (Wildman–Crippen MR) is 152 cm³/mol. The molecule has 12 heteroatoms. The Morgan fingerprint density at radius 3 is 2.34 bits per heavy atom. The first-order valence-corrected chi connectivity index (χ1v) is 14.0. The van der Waals surface area contributed by atoms with Gasteiger partial charge in [0.2, 0.25) is 0 Å². The summed E-state index contributed by atoms with van der Waals surface area (Å²) in [4.78, 5) is 38.4. The number of methoxy groups -OCH3 is 1. The fourth-order valence-electron chi connectivity index (χ4n) is 5.50. The first kappa shape index (κ1) is 28.9. The molecule has 0 saturated carbocycles. The average molecular weight is 590 g/mol. The number of halogens is 3. The third-order valence-corrected chi connectivity index (χ3v) is 7.82. The molecule has 2 amide bonds. The summed E-state index contributed by atoms with van der Waals surface area (Å²) in [7, 11) is 1.46. The molecule has 2 fully saturated rings. The van der Waals surface area contributed by atoms with Crippen LogP contribution in [0.25, 0.3) is 10.9 Å². The van der Waals surface area contributed by atoms with Crippen LogP contribution in [0.5, 0.6) is 5.75 Å². The molecule has 41 heavy (non-hydrogen) atoms. The van der Waals surface area contributed by atoms with Crippen molar-refractivity contribution in [1.82, 2.24) is 19.8 Å². The Balaban J connectivity index is 1.31. The molecule has 4 heterocycles. The van der Waals surface area contributed by atoms with Gasteiger partial charge in [0.25, 0.3) is 5.91 Å². The summed E-state index contributed by atoms with van der Waals surface area (Å²) >= 11 is 6.29. The van der Waals surface area contributed by atoms with Crippen LogP contribution in [-0.2, 0) is 4.74 Å². The number of hydrogen-bond donors (Lipinski definition) is 1. The van der Waals surface area contributed by atoms with Crippen LogP contribution < -0.4 is 9.64 Å². The van der Waals surface area contributed by atoms with Crippen molar-refractivity contribution in [3.63, 3.8) is 0 Å². The van der Waals surface area contributed by atoms with Crippen molar-refractivity contribution < 1.29 is 27.8 Å². The number of anilines is 1. The summed E-state index contributed by atoms with van der Waals surface area (Å²) in [6, 6.07) is 4.61. The Kier molecular flexibility index (Phi) is 8.00. The first-order valence-electron chi connectivity index (χ1n) is 13.7. The summed E-state index contributed by atoms with van der Waals surface area (Å²) in [5, 5.41) is 0.599. The van der Waals surface area contributed by atoms with Crippen molar-refractivity contribution in [2.45, 2.75) is 45.1 Å². The summed E-state index contributed by atoms with van der Waals surface area (Å²) in [5.41, 5.74) is 0.754. The van der Waals surface area contributed by atoms with Crippen molar-refractivity contribution in [2.75, 3.05) is 51.3 Å². The zero-order chi connectivity index (χ0) is 29.5. The summed E-state index contributed by atoms with van der Waals surface area (Å²) in [6.07, 6.45) is 2.11. The number of aromatic amines is 1. The number of fused-ring (bicyclic) bond motifs is 1. The van der Waals surface area contributed by atoms with E-state index in [2.05, 4.69) is 9.97 Å². The fourth-order valence-corrected chi connectivity index (χ4v) is 5.71. The van der Waals surface area contributed by atoms with Crippen molar-refractivity contribution in [2.24, 2.45) is 0 Å². The van der Waals surface area contributed by atoms with E-state index in [1.54, 1.807) is 21.9 Å². The van der Waals surface area contributed by atoms with E-state index in [-0.39, 0.29) is 34.2 Å². The van der Waals surface area contributed by atoms with Gasteiger partial charge in [-0.15, -0.1) is 0 Å². The van der Waals surface area contributed by atoms with Crippen LogP contribution in [0.3, 0.4) is 0 Å². The Labute approximate surface area is 242 Å². The standard InChI is InChI=1S/C29H34ClF2N5O4/c1-29(2,3)41-28(39)37-7-5-17(6-8-37)19-14-21(30)24(32)25-20(19)15-22(34-25)27(38)36-11-9-35(10-12-36)26-23(40-4)13-18(31)16-33-26/h13-17,34H,5-12H2,1-4H3. The lowest BCUT2D eigenvalue weighted by Crippen LogP contribution is -2.49. The van der Waals surface area contributed by atoms with Gasteiger partial charge in [-0.3, -0.25) is 4.79 Å². The highest BCUT2D eigenvalue weighted by Gasteiger charge is 2.31. The van der Waals surface area contributed by atoms with E-state index < -0.39 is 17.2 Å². The summed E-state index contributed by atoms with van der Waals surface area (Å²) in [6.45, 7) is 8.25. The van der Waals surface area contributed by atoms with Gasteiger partial charge in [0.15, 0.2) is 17.4 Å². The Morgan fingerprint density at radius 1 is 1.02 bits per heavy atom. The Bertz CT molecular complexity index is 1460. The van der Waals surface area contributed by atoms with Gasteiger partial charge in [0, 0.05) is 50.7 Å². The fraction of sp³-hybridized carbons (Fsp3) is 0.483. The number of piperazine rings is 1. The number of pyridine rings is 1. The lowest BCUT2D eigenvalue weighted by Gasteiger charge is -2.35. The molecule has 3 aromatic rings. The van der Waals surface area contributed by atoms with E-state index in [1.165, 1.54) is 13.2 Å². The highest BCUT2D eigenvalue weighted by molar-refractivity contribution is 6.31. The second-order valence-electron chi connectivity index (χ2n) is 11.4. The van der Waals surface area contributed by atoms with E-state index in [9.17, 15) is 14.0 Å². The minimum Gasteiger partial charge on any atom is -0.493 e. The Hall–Kier alpha value is -3.60. The van der Waals surface area contributed by atoms with Gasteiger partial charge in [-0.05, 0) is 57.2 Å². The number of hydrogen-bond acceptors (Lipinski definition) is 6. The lowest BCUT2D eigenvalue weighted by molar-refractivity contribution is 0.0205. The molecule has 0 spiro atoms. The van der Waals surface area contributed by atoms with E-state index in [0.29, 0.717) is 69.1 Å². The molecule has 9 nitrogen and oxygen atoms in total. The van der Waals surface area contributed by atoms with Crippen LogP contribution in [0.2, 0.25) is 5.02 Å². The van der Waals surface area contributed by atoms with Crippen LogP contribution in [0.15, 0.2) is 24.4 Å². The van der Waals surface area contributed by atoms with Crippen molar-refractivity contribution in [3.8, 4) is 5.75 Å². The van der Waals surface area contributed by atoms with Gasteiger partial charge in [-0.25, -0.2) is 18.6 Å². The zero-order valence-electron chi connectivity index (χ0n) is 23.6. The van der Waals surface area contributed by atoms with Crippen molar-refractivity contribution >= 4 is 40.3 Å². The molecule has 0 atom stereocenters. The summed E-state index contributed by atoms with van der Waals surface area (Å²) in [5.74, 6) is -0.452. The zero-order valence-corrected chi connectivity index (χ0v) is 24.4. The number of nitrogens with one attached hydrogen (secondary N) is 1. The molecule has 220 valence electrons. The second kappa shape index (κ2) is 11.3. The highest BCUT2D eigenvalue weighted by atomic mass is 35.5. The van der Waals surface area contributed by atoms with Crippen LogP contribution in [0, 0.1) is 11.6 Å². The van der Waals surface area contributed by atoms with Gasteiger partial charge in [-0.2, -0.15) is 0 Å². The molecular weight excluding hydrogens is 556 g/mol. The number of likely N-dealkylation sites (tertiary alicyclic amines) is 1. The topological polar surface area (TPSA) is 91.0 Å². The molecule has 0 bridgehead atoms. The third kappa shape index (κ3) is 6.05. The molecule has 0 unspecified atom stereocenters. The smallest absolute Gasteiger partial charge is 0.410 e. The largest absolute Gasteiger partial charge is 0.493 e. The molecule has 2 aliphatic rings. The molecule has 1 N–H and O–H groups in total. The molecule has 0 radical (unpaired) electrons. The number of aromatic nitrogens is 2. The van der Waals surface area contributed by atoms with E-state index >= 15 is 4.39 Å². The maximum absolute atomic E-state index is 15.1. The molecule has 5 rings (SSSR count). The molecular formula is C29H34ClF2N5O4. The monoisotopic (exact) mass is 589 g/mol. The van der Waals surface area contributed by atoms with E-state index in [4.69, 9.17) is 21.1 Å². The van der Waals surface area contributed by atoms with Crippen LogP contribution >= 0.6 is 11.6 Å². The SMILES string of the molecule is COc1cc(F)cnc1N1CCN(C(=O)c2cc3c(C4CCN(C(=O)OC(C)(C)C)CC4)cc(Cl)c(F)c3[nH]2)CC1. The maximum atomic E-state index is 15.1. The first-order chi connectivity index (χ1) is 19.4. The van der Waals surface area contributed by atoms with Crippen LogP contribution in [-0.4, -0.2) is 83.7 Å². The molecule has 2 saturated heterocycles. The molecule has 2 aliphatic heterocycles. The van der Waals surface area contributed by atoms with Gasteiger partial charge in [0.1, 0.15) is 17.1 Å². The summed E-state index contributed by atoms with van der Waals surface area (Å²) < 4.78 is 39.5. The average Bonchev–Trinajstić information content (AvgIpc) is 3.40. The van der Waals surface area contributed by atoms with Gasteiger partial charge in [-0.1, -0.05) is 11.6 Å².